The zero-order valence-electron chi connectivity index (χ0n) is 20.5. The first-order valence-corrected chi connectivity index (χ1v) is 11.9. The van der Waals surface area contributed by atoms with Gasteiger partial charge >= 0.3 is 0 Å². The van der Waals surface area contributed by atoms with Gasteiger partial charge in [-0.3, -0.25) is 0 Å². The van der Waals surface area contributed by atoms with Gasteiger partial charge in [0.05, 0.1) is 0 Å². The quantitative estimate of drug-likeness (QED) is 0.307. The molecule has 0 spiro atoms. The minimum absolute atomic E-state index is 0.591. The highest BCUT2D eigenvalue weighted by Crippen LogP contribution is 2.24. The molecule has 0 unspecified atom stereocenters. The van der Waals surface area contributed by atoms with Gasteiger partial charge in [-0.15, -0.1) is 0 Å². The first kappa shape index (κ1) is 25.1. The molecule has 0 aromatic heterocycles. The molecular formula is C32H38. The van der Waals surface area contributed by atoms with Crippen molar-refractivity contribution < 1.29 is 0 Å². The molecule has 4 aromatic carbocycles. The van der Waals surface area contributed by atoms with E-state index < -0.39 is 0 Å². The second kappa shape index (κ2) is 13.3. The smallest absolute Gasteiger partial charge is 0.0181 e. The summed E-state index contributed by atoms with van der Waals surface area (Å²) in [5.41, 5.74) is 7.97. The van der Waals surface area contributed by atoms with Crippen LogP contribution in [0.3, 0.4) is 0 Å². The van der Waals surface area contributed by atoms with Gasteiger partial charge in [-0.25, -0.2) is 0 Å². The molecule has 0 fully saturated rings. The molecule has 0 nitrogen and oxygen atoms in total. The standard InChI is InChI=1S/2C15H16.C2H6/c1-12(2)14-9-6-10-15(11-14)13-7-4-3-5-8-13;1-12(2)13-8-10-15(11-9-13)14-6-4-3-5-7-14;1-2/h2*3-12H,1-2H3;1-2H3. The Bertz CT molecular complexity index is 1010. The molecule has 0 bridgehead atoms. The summed E-state index contributed by atoms with van der Waals surface area (Å²) in [6.45, 7) is 12.9. The molecule has 4 aromatic rings. The molecule has 166 valence electrons. The fourth-order valence-corrected chi connectivity index (χ4v) is 3.40. The molecule has 0 atom stereocenters. The third-order valence-electron chi connectivity index (χ3n) is 5.34. The molecule has 0 heteroatoms. The van der Waals surface area contributed by atoms with Crippen LogP contribution in [0, 0.1) is 0 Å². The summed E-state index contributed by atoms with van der Waals surface area (Å²) in [5, 5.41) is 0. The van der Waals surface area contributed by atoms with Crippen molar-refractivity contribution in [3.8, 4) is 22.3 Å². The highest BCUT2D eigenvalue weighted by molar-refractivity contribution is 5.64. The summed E-state index contributed by atoms with van der Waals surface area (Å²) in [6.07, 6.45) is 0. The van der Waals surface area contributed by atoms with Crippen molar-refractivity contribution in [1.29, 1.82) is 0 Å². The number of benzene rings is 4. The molecule has 0 saturated heterocycles. The minimum Gasteiger partial charge on any atom is -0.0683 e. The van der Waals surface area contributed by atoms with Gasteiger partial charge in [0.15, 0.2) is 0 Å². The van der Waals surface area contributed by atoms with Gasteiger partial charge in [-0.2, -0.15) is 0 Å². The topological polar surface area (TPSA) is 0 Å². The fourth-order valence-electron chi connectivity index (χ4n) is 3.40. The largest absolute Gasteiger partial charge is 0.0683 e. The molecule has 0 aliphatic rings. The Labute approximate surface area is 196 Å². The van der Waals surface area contributed by atoms with Crippen molar-refractivity contribution in [1.82, 2.24) is 0 Å². The van der Waals surface area contributed by atoms with Crippen LogP contribution in [0.5, 0.6) is 0 Å². The SMILES string of the molecule is CC.CC(C)c1ccc(-c2ccccc2)cc1.CC(C)c1cccc(-c2ccccc2)c1. The van der Waals surface area contributed by atoms with E-state index in [1.807, 2.05) is 19.9 Å². The first-order chi connectivity index (χ1) is 15.5. The van der Waals surface area contributed by atoms with Crippen LogP contribution in [0.2, 0.25) is 0 Å². The Morgan fingerprint density at radius 1 is 0.375 bits per heavy atom. The number of hydrogen-bond acceptors (Lipinski definition) is 0. The lowest BCUT2D eigenvalue weighted by atomic mass is 9.98. The van der Waals surface area contributed by atoms with E-state index in [9.17, 15) is 0 Å². The molecule has 0 aliphatic heterocycles. The van der Waals surface area contributed by atoms with Gasteiger partial charge in [0.25, 0.3) is 0 Å². The average molecular weight is 423 g/mol. The van der Waals surface area contributed by atoms with Gasteiger partial charge in [0, 0.05) is 0 Å². The summed E-state index contributed by atoms with van der Waals surface area (Å²) in [4.78, 5) is 0. The van der Waals surface area contributed by atoms with E-state index in [1.54, 1.807) is 0 Å². The summed E-state index contributed by atoms with van der Waals surface area (Å²) in [5.74, 6) is 1.20. The van der Waals surface area contributed by atoms with Crippen molar-refractivity contribution in [3.63, 3.8) is 0 Å². The lowest BCUT2D eigenvalue weighted by Crippen LogP contribution is -1.87. The predicted octanol–water partition coefficient (Wildman–Crippen LogP) is 9.98. The van der Waals surface area contributed by atoms with Gasteiger partial charge in [0.1, 0.15) is 0 Å². The fraction of sp³-hybridized carbons (Fsp3) is 0.250. The maximum absolute atomic E-state index is 2.28. The van der Waals surface area contributed by atoms with Crippen molar-refractivity contribution in [2.24, 2.45) is 0 Å². The van der Waals surface area contributed by atoms with E-state index in [2.05, 4.69) is 131 Å². The molecule has 0 amide bonds. The second-order valence-electron chi connectivity index (χ2n) is 8.29. The zero-order valence-corrected chi connectivity index (χ0v) is 20.5. The van der Waals surface area contributed by atoms with E-state index in [0.717, 1.165) is 0 Å². The number of rotatable bonds is 4. The van der Waals surface area contributed by atoms with Crippen molar-refractivity contribution in [3.05, 3.63) is 120 Å². The van der Waals surface area contributed by atoms with E-state index in [4.69, 9.17) is 0 Å². The van der Waals surface area contributed by atoms with Gasteiger partial charge < -0.3 is 0 Å². The number of hydrogen-bond donors (Lipinski definition) is 0. The molecule has 0 heterocycles. The Hall–Kier alpha value is -3.12. The monoisotopic (exact) mass is 422 g/mol. The maximum Gasteiger partial charge on any atom is -0.0181 e. The molecule has 0 radical (unpaired) electrons. The lowest BCUT2D eigenvalue weighted by molar-refractivity contribution is 0.867. The van der Waals surface area contributed by atoms with Crippen molar-refractivity contribution in [2.75, 3.05) is 0 Å². The molecule has 0 saturated carbocycles. The van der Waals surface area contributed by atoms with Gasteiger partial charge in [0.2, 0.25) is 0 Å². The third-order valence-corrected chi connectivity index (χ3v) is 5.34. The van der Waals surface area contributed by atoms with Crippen LogP contribution in [0.25, 0.3) is 22.3 Å². The summed E-state index contributed by atoms with van der Waals surface area (Å²) in [7, 11) is 0. The maximum atomic E-state index is 2.28. The molecule has 0 N–H and O–H groups in total. The van der Waals surface area contributed by atoms with Crippen LogP contribution < -0.4 is 0 Å². The van der Waals surface area contributed by atoms with Gasteiger partial charge in [-0.05, 0) is 45.2 Å². The molecule has 32 heavy (non-hydrogen) atoms. The average Bonchev–Trinajstić information content (AvgIpc) is 2.87. The minimum atomic E-state index is 0.591. The van der Waals surface area contributed by atoms with E-state index in [1.165, 1.54) is 33.4 Å². The Balaban J connectivity index is 0.000000211. The van der Waals surface area contributed by atoms with Crippen molar-refractivity contribution in [2.45, 2.75) is 53.4 Å². The molecule has 0 aliphatic carbocycles. The molecular weight excluding hydrogens is 384 g/mol. The first-order valence-electron chi connectivity index (χ1n) is 11.9. The van der Waals surface area contributed by atoms with Crippen molar-refractivity contribution >= 4 is 0 Å². The lowest BCUT2D eigenvalue weighted by Gasteiger charge is -2.08. The van der Waals surface area contributed by atoms with Crippen LogP contribution in [0.1, 0.15) is 64.5 Å². The predicted molar refractivity (Wildman–Crippen MR) is 143 cm³/mol. The summed E-state index contributed by atoms with van der Waals surface area (Å²) < 4.78 is 0. The normalized spacial score (nSPS) is 10.1. The van der Waals surface area contributed by atoms with Gasteiger partial charge in [-0.1, -0.05) is 151 Å². The highest BCUT2D eigenvalue weighted by atomic mass is 14.1. The van der Waals surface area contributed by atoms with E-state index >= 15 is 0 Å². The van der Waals surface area contributed by atoms with Crippen LogP contribution in [0.15, 0.2) is 109 Å². The third kappa shape index (κ3) is 7.54. The Morgan fingerprint density at radius 3 is 1.25 bits per heavy atom. The van der Waals surface area contributed by atoms with Crippen LogP contribution in [-0.2, 0) is 0 Å². The summed E-state index contributed by atoms with van der Waals surface area (Å²) >= 11 is 0. The Morgan fingerprint density at radius 2 is 0.781 bits per heavy atom. The Kier molecular flexibility index (Phi) is 10.5. The van der Waals surface area contributed by atoms with E-state index in [-0.39, 0.29) is 0 Å². The summed E-state index contributed by atoms with van der Waals surface area (Å²) in [6, 6.07) is 38.6. The van der Waals surface area contributed by atoms with E-state index in [0.29, 0.717) is 11.8 Å². The van der Waals surface area contributed by atoms with Crippen LogP contribution in [-0.4, -0.2) is 0 Å². The van der Waals surface area contributed by atoms with Crippen LogP contribution in [0.4, 0.5) is 0 Å². The second-order valence-corrected chi connectivity index (χ2v) is 8.29. The zero-order chi connectivity index (χ0) is 23.3. The van der Waals surface area contributed by atoms with Crippen LogP contribution >= 0.6 is 0 Å². The molecule has 4 rings (SSSR count). The highest BCUT2D eigenvalue weighted by Gasteiger charge is 2.01.